The molecular formula is C9H7N3O2. The Kier molecular flexibility index (Phi) is 1.98. The van der Waals surface area contributed by atoms with Gasteiger partial charge >= 0.3 is 5.91 Å². The summed E-state index contributed by atoms with van der Waals surface area (Å²) >= 11 is 0. The van der Waals surface area contributed by atoms with Crippen molar-refractivity contribution in [2.75, 3.05) is 0 Å². The highest BCUT2D eigenvalue weighted by atomic mass is 16.5. The van der Waals surface area contributed by atoms with Crippen LogP contribution in [-0.2, 0) is 0 Å². The fourth-order valence-corrected chi connectivity index (χ4v) is 1.05. The summed E-state index contributed by atoms with van der Waals surface area (Å²) in [6, 6.07) is 8.69. The molecule has 0 saturated carbocycles. The largest absolute Gasteiger partial charge is 0.660 e. The molecule has 2 aromatic rings. The number of benzene rings is 1. The van der Waals surface area contributed by atoms with Gasteiger partial charge in [-0.2, -0.15) is 0 Å². The molecule has 2 rings (SSSR count). The maximum atomic E-state index is 11.6. The van der Waals surface area contributed by atoms with Gasteiger partial charge in [0, 0.05) is 4.68 Å². The molecule has 0 bridgehead atoms. The summed E-state index contributed by atoms with van der Waals surface area (Å²) in [4.78, 5) is 11.6. The first-order valence-corrected chi connectivity index (χ1v) is 3.97. The molecule has 0 aliphatic carbocycles. The smallest absolute Gasteiger partial charge is 0.452 e. The Morgan fingerprint density at radius 3 is 2.64 bits per heavy atom. The van der Waals surface area contributed by atoms with Gasteiger partial charge in [-0.05, 0) is 12.1 Å². The van der Waals surface area contributed by atoms with E-state index in [9.17, 15) is 4.79 Å². The van der Waals surface area contributed by atoms with Crippen molar-refractivity contribution in [1.82, 2.24) is 5.27 Å². The number of rotatable bonds is 1. The van der Waals surface area contributed by atoms with Crippen LogP contribution in [0.1, 0.15) is 10.4 Å². The van der Waals surface area contributed by atoms with E-state index < -0.39 is 0 Å². The van der Waals surface area contributed by atoms with Crippen molar-refractivity contribution in [2.24, 2.45) is 0 Å². The summed E-state index contributed by atoms with van der Waals surface area (Å²) in [7, 11) is 0. The number of hydrogen-bond donors (Lipinski definition) is 0. The average molecular weight is 189 g/mol. The molecule has 1 aromatic carbocycles. The molecule has 0 radical (unpaired) electrons. The minimum Gasteiger partial charge on any atom is -0.660 e. The molecule has 14 heavy (non-hydrogen) atoms. The highest BCUT2D eigenvalue weighted by molar-refractivity contribution is 5.86. The first-order chi connectivity index (χ1) is 6.77. The lowest BCUT2D eigenvalue weighted by atomic mass is 10.2. The van der Waals surface area contributed by atoms with Crippen molar-refractivity contribution in [2.45, 2.75) is 0 Å². The van der Waals surface area contributed by atoms with Gasteiger partial charge < -0.3 is 10.3 Å². The molecule has 1 aromatic heterocycles. The van der Waals surface area contributed by atoms with Gasteiger partial charge in [0.05, 0.1) is 5.56 Å². The standard InChI is InChI=1S/C9H7N3O2/c10-8-6-12(11-14-8)9(13)7-4-2-1-3-5-7/h1-6H,(H-,10,11). The van der Waals surface area contributed by atoms with E-state index in [-0.39, 0.29) is 11.8 Å². The maximum absolute atomic E-state index is 11.6. The normalized spacial score (nSPS) is 10.0. The van der Waals surface area contributed by atoms with Crippen molar-refractivity contribution in [3.63, 3.8) is 0 Å². The second-order valence-electron chi connectivity index (χ2n) is 2.68. The topological polar surface area (TPSA) is 70.8 Å². The van der Waals surface area contributed by atoms with Gasteiger partial charge in [-0.1, -0.05) is 18.2 Å². The van der Waals surface area contributed by atoms with E-state index in [2.05, 4.69) is 9.79 Å². The molecule has 0 saturated heterocycles. The zero-order valence-electron chi connectivity index (χ0n) is 7.18. The lowest BCUT2D eigenvalue weighted by molar-refractivity contribution is -0.645. The summed E-state index contributed by atoms with van der Waals surface area (Å²) in [5.74, 6) is -0.456. The number of aromatic nitrogens is 2. The Morgan fingerprint density at radius 2 is 2.07 bits per heavy atom. The summed E-state index contributed by atoms with van der Waals surface area (Å²) in [5.41, 5.74) is 7.57. The molecule has 0 fully saturated rings. The molecule has 1 N–H and O–H groups in total. The molecular weight excluding hydrogens is 182 g/mol. The summed E-state index contributed by atoms with van der Waals surface area (Å²) < 4.78 is 5.46. The van der Waals surface area contributed by atoms with E-state index in [1.807, 2.05) is 6.07 Å². The SMILES string of the molecule is [NH-]c1c[n+](C(=O)c2ccccc2)no1. The van der Waals surface area contributed by atoms with Crippen molar-refractivity contribution in [3.8, 4) is 0 Å². The highest BCUT2D eigenvalue weighted by Crippen LogP contribution is 2.03. The Hall–Kier alpha value is -2.17. The van der Waals surface area contributed by atoms with Crippen LogP contribution < -0.4 is 4.68 Å². The van der Waals surface area contributed by atoms with E-state index in [1.54, 1.807) is 24.3 Å². The molecule has 0 aliphatic heterocycles. The van der Waals surface area contributed by atoms with Crippen LogP contribution in [0, 0.1) is 0 Å². The molecule has 0 atom stereocenters. The van der Waals surface area contributed by atoms with Crippen LogP contribution in [0.4, 0.5) is 5.88 Å². The lowest BCUT2D eigenvalue weighted by Gasteiger charge is -1.87. The van der Waals surface area contributed by atoms with Crippen molar-refractivity contribution >= 4 is 11.8 Å². The van der Waals surface area contributed by atoms with Crippen LogP contribution >= 0.6 is 0 Å². The number of nitrogens with one attached hydrogen (secondary N) is 1. The quantitative estimate of drug-likeness (QED) is 0.635. The zero-order chi connectivity index (χ0) is 9.97. The second kappa shape index (κ2) is 3.29. The Balaban J connectivity index is 2.34. The van der Waals surface area contributed by atoms with Crippen LogP contribution in [0.3, 0.4) is 0 Å². The molecule has 0 amide bonds. The van der Waals surface area contributed by atoms with Gasteiger partial charge in [-0.3, -0.25) is 0 Å². The Bertz CT molecular complexity index is 450. The van der Waals surface area contributed by atoms with E-state index >= 15 is 0 Å². The van der Waals surface area contributed by atoms with Crippen molar-refractivity contribution in [1.29, 1.82) is 0 Å². The van der Waals surface area contributed by atoms with Gasteiger partial charge in [-0.25, -0.2) is 4.79 Å². The van der Waals surface area contributed by atoms with E-state index in [1.165, 1.54) is 6.20 Å². The van der Waals surface area contributed by atoms with Crippen LogP contribution in [0.5, 0.6) is 0 Å². The number of carbonyl (C=O) groups is 1. The van der Waals surface area contributed by atoms with Crippen LogP contribution in [0.15, 0.2) is 41.1 Å². The number of nitrogens with zero attached hydrogens (tertiary/aromatic N) is 2. The zero-order valence-corrected chi connectivity index (χ0v) is 7.18. The predicted molar refractivity (Wildman–Crippen MR) is 46.9 cm³/mol. The maximum Gasteiger partial charge on any atom is 0.452 e. The van der Waals surface area contributed by atoms with Gasteiger partial charge in [0.25, 0.3) is 0 Å². The third kappa shape index (κ3) is 1.47. The van der Waals surface area contributed by atoms with E-state index in [0.717, 1.165) is 4.68 Å². The van der Waals surface area contributed by atoms with Crippen molar-refractivity contribution < 1.29 is 14.0 Å². The second-order valence-corrected chi connectivity index (χ2v) is 2.68. The van der Waals surface area contributed by atoms with E-state index in [4.69, 9.17) is 5.73 Å². The highest BCUT2D eigenvalue weighted by Gasteiger charge is 2.20. The third-order valence-corrected chi connectivity index (χ3v) is 1.70. The predicted octanol–water partition coefficient (Wildman–Crippen LogP) is 1.33. The van der Waals surface area contributed by atoms with Gasteiger partial charge in [0.2, 0.25) is 11.5 Å². The Morgan fingerprint density at radius 1 is 1.36 bits per heavy atom. The van der Waals surface area contributed by atoms with E-state index in [0.29, 0.717) is 5.56 Å². The molecule has 0 aliphatic rings. The molecule has 1 heterocycles. The lowest BCUT2D eigenvalue weighted by Crippen LogP contribution is -2.43. The van der Waals surface area contributed by atoms with Gasteiger partial charge in [0.15, 0.2) is 0 Å². The summed E-state index contributed by atoms with van der Waals surface area (Å²) in [6.45, 7) is 0. The molecule has 5 nitrogen and oxygen atoms in total. The first-order valence-electron chi connectivity index (χ1n) is 3.97. The molecule has 0 spiro atoms. The minimum absolute atomic E-state index is 0.144. The molecule has 0 unspecified atom stereocenters. The van der Waals surface area contributed by atoms with Crippen molar-refractivity contribution in [3.05, 3.63) is 47.8 Å². The fraction of sp³-hybridized carbons (Fsp3) is 0. The fourth-order valence-electron chi connectivity index (χ4n) is 1.05. The molecule has 5 heteroatoms. The van der Waals surface area contributed by atoms with Crippen LogP contribution in [0.25, 0.3) is 5.73 Å². The van der Waals surface area contributed by atoms with Crippen LogP contribution in [0.2, 0.25) is 0 Å². The summed E-state index contributed by atoms with van der Waals surface area (Å²) in [5, 5.41) is 3.40. The summed E-state index contributed by atoms with van der Waals surface area (Å²) in [6.07, 6.45) is 1.22. The average Bonchev–Trinajstić information content (AvgIpc) is 2.65. The Labute approximate surface area is 79.7 Å². The molecule has 70 valence electrons. The third-order valence-electron chi connectivity index (χ3n) is 1.70. The van der Waals surface area contributed by atoms with Crippen LogP contribution in [-0.4, -0.2) is 11.2 Å². The van der Waals surface area contributed by atoms with Gasteiger partial charge in [-0.15, -0.1) is 0 Å². The first kappa shape index (κ1) is 8.43. The van der Waals surface area contributed by atoms with Gasteiger partial charge in [0.1, 0.15) is 5.88 Å². The number of hydrogen-bond acceptors (Lipinski definition) is 3. The monoisotopic (exact) mass is 189 g/mol. The minimum atomic E-state index is -0.312. The number of carbonyl (C=O) groups excluding carboxylic acids is 1.